The van der Waals surface area contributed by atoms with Crippen LogP contribution in [-0.4, -0.2) is 16.6 Å². The third-order valence-corrected chi connectivity index (χ3v) is 5.19. The van der Waals surface area contributed by atoms with E-state index in [2.05, 4.69) is 29.2 Å². The van der Waals surface area contributed by atoms with Crippen LogP contribution in [0, 0.1) is 0 Å². The average molecular weight is 435 g/mol. The highest BCUT2D eigenvalue weighted by atomic mass is 35.5. The molecule has 0 spiro atoms. The first-order valence-corrected chi connectivity index (χ1v) is 10.5. The van der Waals surface area contributed by atoms with Gasteiger partial charge in [0.05, 0.1) is 18.5 Å². The van der Waals surface area contributed by atoms with E-state index in [-0.39, 0.29) is 0 Å². The lowest BCUT2D eigenvalue weighted by Crippen LogP contribution is -2.03. The van der Waals surface area contributed by atoms with Crippen LogP contribution in [0.2, 0.25) is 10.0 Å². The van der Waals surface area contributed by atoms with Crippen LogP contribution in [0.5, 0.6) is 5.88 Å². The number of aryl methyl sites for hydroxylation is 1. The van der Waals surface area contributed by atoms with Crippen molar-refractivity contribution in [2.24, 2.45) is 0 Å². The minimum Gasteiger partial charge on any atom is -0.477 e. The van der Waals surface area contributed by atoms with Crippen LogP contribution in [-0.2, 0) is 6.42 Å². The van der Waals surface area contributed by atoms with Gasteiger partial charge in [0.25, 0.3) is 0 Å². The van der Waals surface area contributed by atoms with Crippen molar-refractivity contribution in [3.05, 3.63) is 101 Å². The molecule has 0 radical (unpaired) electrons. The van der Waals surface area contributed by atoms with Crippen molar-refractivity contribution < 1.29 is 4.74 Å². The molecule has 3 nitrogen and oxygen atoms in total. The predicted octanol–water partition coefficient (Wildman–Crippen LogP) is 7.13. The van der Waals surface area contributed by atoms with E-state index in [1.54, 1.807) is 6.20 Å². The second kappa shape index (κ2) is 9.75. The fraction of sp³-hybridized carbons (Fsp3) is 0.120. The molecule has 1 aromatic heterocycles. The number of halogens is 2. The highest BCUT2D eigenvalue weighted by Crippen LogP contribution is 2.31. The number of aromatic nitrogens is 2. The molecule has 0 saturated carbocycles. The number of benzene rings is 3. The Hall–Kier alpha value is -2.88. The molecule has 0 aliphatic rings. The van der Waals surface area contributed by atoms with Crippen molar-refractivity contribution in [1.82, 2.24) is 9.97 Å². The van der Waals surface area contributed by atoms with E-state index in [0.717, 1.165) is 35.4 Å². The standard InChI is InChI=1S/C25H20Cl2N2O/c26-21-12-8-19(9-13-21)24-25(20-10-14-22(27)15-11-20)29-23(17-28-24)30-16-4-7-18-5-2-1-3-6-18/h1-3,5-6,8-15,17H,4,7,16H2. The summed E-state index contributed by atoms with van der Waals surface area (Å²) in [6.07, 6.45) is 3.54. The average Bonchev–Trinajstić information content (AvgIpc) is 2.79. The first-order valence-electron chi connectivity index (χ1n) is 9.75. The van der Waals surface area contributed by atoms with Gasteiger partial charge in [-0.3, -0.25) is 0 Å². The van der Waals surface area contributed by atoms with E-state index in [1.165, 1.54) is 5.56 Å². The normalized spacial score (nSPS) is 10.7. The largest absolute Gasteiger partial charge is 0.477 e. The molecule has 0 aliphatic heterocycles. The third kappa shape index (κ3) is 5.18. The molecule has 0 N–H and O–H groups in total. The molecule has 0 amide bonds. The van der Waals surface area contributed by atoms with Gasteiger partial charge in [-0.1, -0.05) is 77.8 Å². The second-order valence-electron chi connectivity index (χ2n) is 6.86. The zero-order valence-electron chi connectivity index (χ0n) is 16.3. The molecule has 5 heteroatoms. The summed E-state index contributed by atoms with van der Waals surface area (Å²) in [6, 6.07) is 25.5. The predicted molar refractivity (Wildman–Crippen MR) is 123 cm³/mol. The quantitative estimate of drug-likeness (QED) is 0.290. The lowest BCUT2D eigenvalue weighted by Gasteiger charge is -2.12. The van der Waals surface area contributed by atoms with Gasteiger partial charge in [-0.25, -0.2) is 9.97 Å². The molecule has 1 heterocycles. The number of hydrogen-bond acceptors (Lipinski definition) is 3. The van der Waals surface area contributed by atoms with Crippen LogP contribution in [0.3, 0.4) is 0 Å². The zero-order chi connectivity index (χ0) is 20.8. The molecule has 0 aliphatic carbocycles. The SMILES string of the molecule is Clc1ccc(-c2ncc(OCCCc3ccccc3)nc2-c2ccc(Cl)cc2)cc1. The van der Waals surface area contributed by atoms with E-state index < -0.39 is 0 Å². The maximum atomic E-state index is 6.06. The highest BCUT2D eigenvalue weighted by Gasteiger charge is 2.13. The monoisotopic (exact) mass is 434 g/mol. The number of ether oxygens (including phenoxy) is 1. The molecule has 4 aromatic rings. The van der Waals surface area contributed by atoms with Crippen LogP contribution < -0.4 is 4.74 Å². The second-order valence-corrected chi connectivity index (χ2v) is 7.73. The smallest absolute Gasteiger partial charge is 0.232 e. The van der Waals surface area contributed by atoms with E-state index in [9.17, 15) is 0 Å². The van der Waals surface area contributed by atoms with Gasteiger partial charge in [0.15, 0.2) is 0 Å². The summed E-state index contributed by atoms with van der Waals surface area (Å²) in [5.41, 5.74) is 4.67. The topological polar surface area (TPSA) is 35.0 Å². The molecular formula is C25H20Cl2N2O. The summed E-state index contributed by atoms with van der Waals surface area (Å²) in [5, 5.41) is 1.35. The van der Waals surface area contributed by atoms with Gasteiger partial charge in [-0.05, 0) is 42.7 Å². The minimum atomic E-state index is 0.505. The molecule has 0 atom stereocenters. The van der Waals surface area contributed by atoms with Crippen molar-refractivity contribution in [3.63, 3.8) is 0 Å². The Morgan fingerprint density at radius 2 is 1.30 bits per heavy atom. The Morgan fingerprint density at radius 1 is 0.700 bits per heavy atom. The van der Waals surface area contributed by atoms with Crippen molar-refractivity contribution in [2.45, 2.75) is 12.8 Å². The Kier molecular flexibility index (Phi) is 6.63. The van der Waals surface area contributed by atoms with Crippen molar-refractivity contribution in [3.8, 4) is 28.4 Å². The minimum absolute atomic E-state index is 0.505. The van der Waals surface area contributed by atoms with E-state index in [1.807, 2.05) is 54.6 Å². The van der Waals surface area contributed by atoms with Crippen LogP contribution in [0.25, 0.3) is 22.5 Å². The third-order valence-electron chi connectivity index (χ3n) is 4.69. The summed E-state index contributed by atoms with van der Waals surface area (Å²) in [4.78, 5) is 9.41. The maximum Gasteiger partial charge on any atom is 0.232 e. The van der Waals surface area contributed by atoms with Crippen molar-refractivity contribution in [2.75, 3.05) is 6.61 Å². The first kappa shape index (κ1) is 20.4. The molecule has 0 bridgehead atoms. The van der Waals surface area contributed by atoms with Gasteiger partial charge in [-0.2, -0.15) is 0 Å². The Balaban J connectivity index is 1.56. The van der Waals surface area contributed by atoms with Gasteiger partial charge in [-0.15, -0.1) is 0 Å². The molecule has 0 unspecified atom stereocenters. The Bertz CT molecular complexity index is 1100. The molecule has 30 heavy (non-hydrogen) atoms. The summed E-state index contributed by atoms with van der Waals surface area (Å²) in [6.45, 7) is 0.573. The van der Waals surface area contributed by atoms with Gasteiger partial charge >= 0.3 is 0 Å². The summed E-state index contributed by atoms with van der Waals surface area (Å²) in [5.74, 6) is 0.505. The molecule has 4 rings (SSSR count). The molecular weight excluding hydrogens is 415 g/mol. The fourth-order valence-corrected chi connectivity index (χ4v) is 3.42. The molecule has 0 saturated heterocycles. The molecule has 3 aromatic carbocycles. The van der Waals surface area contributed by atoms with Crippen LogP contribution in [0.1, 0.15) is 12.0 Å². The maximum absolute atomic E-state index is 6.06. The van der Waals surface area contributed by atoms with Crippen LogP contribution in [0.4, 0.5) is 0 Å². The van der Waals surface area contributed by atoms with E-state index in [4.69, 9.17) is 32.9 Å². The Morgan fingerprint density at radius 3 is 1.93 bits per heavy atom. The molecule has 150 valence electrons. The van der Waals surface area contributed by atoms with E-state index in [0.29, 0.717) is 22.5 Å². The van der Waals surface area contributed by atoms with Gasteiger partial charge < -0.3 is 4.74 Å². The number of hydrogen-bond donors (Lipinski definition) is 0. The van der Waals surface area contributed by atoms with Crippen molar-refractivity contribution in [1.29, 1.82) is 0 Å². The number of nitrogens with zero attached hydrogens (tertiary/aromatic N) is 2. The number of rotatable bonds is 7. The van der Waals surface area contributed by atoms with Crippen LogP contribution >= 0.6 is 23.2 Å². The molecule has 0 fully saturated rings. The van der Waals surface area contributed by atoms with Gasteiger partial charge in [0.1, 0.15) is 5.69 Å². The zero-order valence-corrected chi connectivity index (χ0v) is 17.8. The summed E-state index contributed by atoms with van der Waals surface area (Å²) < 4.78 is 5.90. The van der Waals surface area contributed by atoms with E-state index >= 15 is 0 Å². The first-order chi connectivity index (χ1) is 14.7. The highest BCUT2D eigenvalue weighted by molar-refractivity contribution is 6.31. The van der Waals surface area contributed by atoms with Crippen LogP contribution in [0.15, 0.2) is 85.1 Å². The lowest BCUT2D eigenvalue weighted by atomic mass is 10.0. The fourth-order valence-electron chi connectivity index (χ4n) is 3.17. The van der Waals surface area contributed by atoms with Crippen molar-refractivity contribution >= 4 is 23.2 Å². The van der Waals surface area contributed by atoms with Gasteiger partial charge in [0.2, 0.25) is 5.88 Å². The van der Waals surface area contributed by atoms with Gasteiger partial charge in [0, 0.05) is 21.2 Å². The summed E-state index contributed by atoms with van der Waals surface area (Å²) in [7, 11) is 0. The Labute approximate surface area is 186 Å². The summed E-state index contributed by atoms with van der Waals surface area (Å²) >= 11 is 12.1. The lowest BCUT2D eigenvalue weighted by molar-refractivity contribution is 0.298.